The number of benzene rings is 3. The fraction of sp³-hybridized carbons (Fsp3) is 0.160. The van der Waals surface area contributed by atoms with Crippen molar-refractivity contribution >= 4 is 28.4 Å². The second-order valence-corrected chi connectivity index (χ2v) is 7.79. The molecule has 0 bridgehead atoms. The van der Waals surface area contributed by atoms with Crippen molar-refractivity contribution < 1.29 is 8.78 Å². The van der Waals surface area contributed by atoms with E-state index >= 15 is 0 Å². The summed E-state index contributed by atoms with van der Waals surface area (Å²) in [6.45, 7) is 6.97. The van der Waals surface area contributed by atoms with Crippen molar-refractivity contribution in [2.24, 2.45) is 5.73 Å². The Balaban J connectivity index is 1.84. The van der Waals surface area contributed by atoms with E-state index in [9.17, 15) is 8.78 Å². The first kappa shape index (κ1) is 20.6. The predicted molar refractivity (Wildman–Crippen MR) is 123 cm³/mol. The number of nitrogens with two attached hydrogens (primary N) is 1. The molecule has 0 radical (unpaired) electrons. The summed E-state index contributed by atoms with van der Waals surface area (Å²) in [7, 11) is 0. The van der Waals surface area contributed by atoms with Gasteiger partial charge in [0.05, 0.1) is 17.6 Å². The third-order valence-corrected chi connectivity index (χ3v) is 5.25. The first-order valence-corrected chi connectivity index (χ1v) is 9.97. The van der Waals surface area contributed by atoms with Crippen LogP contribution in [0, 0.1) is 6.92 Å². The van der Waals surface area contributed by atoms with Gasteiger partial charge in [-0.25, -0.2) is 13.8 Å². The average Bonchev–Trinajstić information content (AvgIpc) is 3.05. The van der Waals surface area contributed by atoms with E-state index in [1.807, 2.05) is 54.0 Å². The lowest BCUT2D eigenvalue weighted by Crippen LogP contribution is -2.14. The molecule has 0 atom stereocenters. The lowest BCUT2D eigenvalue weighted by molar-refractivity contribution is 0.0165. The molecule has 158 valence electrons. The highest BCUT2D eigenvalue weighted by Gasteiger charge is 2.27. The van der Waals surface area contributed by atoms with Crippen molar-refractivity contribution in [3.63, 3.8) is 0 Å². The van der Waals surface area contributed by atoms with Gasteiger partial charge < -0.3 is 15.6 Å². The molecule has 4 nitrogen and oxygen atoms in total. The smallest absolute Gasteiger partial charge is 0.270 e. The SMILES string of the molecule is C=C(N)c1ccc2c(c1)nc(Nc1ccc(C)cc1)n2Cc1ccccc1C(C)(F)F. The van der Waals surface area contributed by atoms with E-state index in [0.29, 0.717) is 22.7 Å². The molecular weight excluding hydrogens is 394 g/mol. The molecule has 3 N–H and O–H groups in total. The lowest BCUT2D eigenvalue weighted by Gasteiger charge is -2.18. The average molecular weight is 418 g/mol. The zero-order chi connectivity index (χ0) is 22.2. The number of hydrogen-bond acceptors (Lipinski definition) is 3. The number of halogens is 2. The number of anilines is 2. The van der Waals surface area contributed by atoms with E-state index in [4.69, 9.17) is 10.7 Å². The van der Waals surface area contributed by atoms with E-state index in [1.54, 1.807) is 18.2 Å². The molecule has 0 saturated carbocycles. The Kier molecular flexibility index (Phi) is 5.23. The summed E-state index contributed by atoms with van der Waals surface area (Å²) in [5.74, 6) is -2.38. The first-order valence-electron chi connectivity index (χ1n) is 9.97. The molecule has 0 saturated heterocycles. The van der Waals surface area contributed by atoms with Crippen LogP contribution >= 0.6 is 0 Å². The molecule has 4 rings (SSSR count). The highest BCUT2D eigenvalue weighted by Crippen LogP contribution is 2.32. The minimum Gasteiger partial charge on any atom is -0.399 e. The summed E-state index contributed by atoms with van der Waals surface area (Å²) in [6, 6.07) is 20.1. The van der Waals surface area contributed by atoms with Gasteiger partial charge in [0.25, 0.3) is 5.92 Å². The van der Waals surface area contributed by atoms with Crippen molar-refractivity contribution in [1.82, 2.24) is 9.55 Å². The van der Waals surface area contributed by atoms with Crippen molar-refractivity contribution in [2.45, 2.75) is 26.3 Å². The van der Waals surface area contributed by atoms with Crippen LogP contribution in [-0.4, -0.2) is 9.55 Å². The molecule has 0 aliphatic carbocycles. The van der Waals surface area contributed by atoms with Gasteiger partial charge in [0, 0.05) is 23.9 Å². The van der Waals surface area contributed by atoms with Gasteiger partial charge in [0.2, 0.25) is 5.95 Å². The maximum atomic E-state index is 14.2. The van der Waals surface area contributed by atoms with Crippen LogP contribution < -0.4 is 11.1 Å². The quantitative estimate of drug-likeness (QED) is 0.393. The van der Waals surface area contributed by atoms with Crippen LogP contribution in [0.3, 0.4) is 0 Å². The Bertz CT molecular complexity index is 1250. The van der Waals surface area contributed by atoms with Crippen molar-refractivity contribution in [2.75, 3.05) is 5.32 Å². The number of hydrogen-bond donors (Lipinski definition) is 2. The summed E-state index contributed by atoms with van der Waals surface area (Å²) in [6.07, 6.45) is 0. The maximum Gasteiger partial charge on any atom is 0.270 e. The van der Waals surface area contributed by atoms with Crippen LogP contribution in [0.1, 0.15) is 29.2 Å². The van der Waals surface area contributed by atoms with Crippen molar-refractivity contribution in [1.29, 1.82) is 0 Å². The Morgan fingerprint density at radius 2 is 1.81 bits per heavy atom. The fourth-order valence-corrected chi connectivity index (χ4v) is 3.61. The second-order valence-electron chi connectivity index (χ2n) is 7.79. The zero-order valence-corrected chi connectivity index (χ0v) is 17.5. The molecule has 0 spiro atoms. The number of nitrogens with one attached hydrogen (secondary N) is 1. The summed E-state index contributed by atoms with van der Waals surface area (Å²) in [5.41, 5.74) is 11.1. The monoisotopic (exact) mass is 418 g/mol. The topological polar surface area (TPSA) is 55.9 Å². The molecule has 31 heavy (non-hydrogen) atoms. The van der Waals surface area contributed by atoms with Gasteiger partial charge in [-0.2, -0.15) is 0 Å². The Labute approximate surface area is 180 Å². The molecule has 0 aliphatic rings. The summed E-state index contributed by atoms with van der Waals surface area (Å²) < 4.78 is 30.3. The minimum absolute atomic E-state index is 0.00471. The van der Waals surface area contributed by atoms with Crippen molar-refractivity contribution in [3.8, 4) is 0 Å². The van der Waals surface area contributed by atoms with E-state index in [1.165, 1.54) is 6.07 Å². The van der Waals surface area contributed by atoms with Gasteiger partial charge in [-0.1, -0.05) is 54.6 Å². The molecule has 3 aromatic carbocycles. The van der Waals surface area contributed by atoms with E-state index < -0.39 is 5.92 Å². The van der Waals surface area contributed by atoms with E-state index in [2.05, 4.69) is 11.9 Å². The fourth-order valence-electron chi connectivity index (χ4n) is 3.61. The van der Waals surface area contributed by atoms with Gasteiger partial charge in [-0.15, -0.1) is 0 Å². The Hall–Kier alpha value is -3.67. The summed E-state index contributed by atoms with van der Waals surface area (Å²) in [5, 5.41) is 3.33. The summed E-state index contributed by atoms with van der Waals surface area (Å²) >= 11 is 0. The number of aromatic nitrogens is 2. The third kappa shape index (κ3) is 4.28. The number of imidazole rings is 1. The van der Waals surface area contributed by atoms with Crippen LogP contribution in [-0.2, 0) is 12.5 Å². The highest BCUT2D eigenvalue weighted by atomic mass is 19.3. The zero-order valence-electron chi connectivity index (χ0n) is 17.5. The predicted octanol–water partition coefficient (Wildman–Crippen LogP) is 6.18. The Morgan fingerprint density at radius 3 is 2.48 bits per heavy atom. The van der Waals surface area contributed by atoms with Gasteiger partial charge in [-0.05, 0) is 42.3 Å². The normalized spacial score (nSPS) is 11.6. The van der Waals surface area contributed by atoms with Gasteiger partial charge in [0.1, 0.15) is 0 Å². The number of rotatable bonds is 6. The maximum absolute atomic E-state index is 14.2. The summed E-state index contributed by atoms with van der Waals surface area (Å²) in [4.78, 5) is 4.73. The lowest BCUT2D eigenvalue weighted by atomic mass is 10.0. The number of alkyl halides is 2. The minimum atomic E-state index is -2.94. The standard InChI is InChI=1S/C25H24F2N4/c1-16-8-11-20(12-9-16)29-24-30-22-14-18(17(2)28)10-13-23(22)31(24)15-19-6-4-5-7-21(19)25(3,26)27/h4-14H,2,15,28H2,1,3H3,(H,29,30). The van der Waals surface area contributed by atoms with Crippen LogP contribution in [0.2, 0.25) is 0 Å². The van der Waals surface area contributed by atoms with Gasteiger partial charge >= 0.3 is 0 Å². The molecular formula is C25H24F2N4. The number of nitrogens with zero attached hydrogens (tertiary/aromatic N) is 2. The molecule has 0 amide bonds. The van der Waals surface area contributed by atoms with Crippen LogP contribution in [0.4, 0.5) is 20.4 Å². The second kappa shape index (κ2) is 7.87. The van der Waals surface area contributed by atoms with Crippen LogP contribution in [0.25, 0.3) is 16.7 Å². The number of fused-ring (bicyclic) bond motifs is 1. The molecule has 0 aliphatic heterocycles. The van der Waals surface area contributed by atoms with Crippen LogP contribution in [0.5, 0.6) is 0 Å². The highest BCUT2D eigenvalue weighted by molar-refractivity contribution is 5.83. The largest absolute Gasteiger partial charge is 0.399 e. The third-order valence-electron chi connectivity index (χ3n) is 5.25. The molecule has 0 fully saturated rings. The van der Waals surface area contributed by atoms with E-state index in [-0.39, 0.29) is 12.1 Å². The number of aryl methyl sites for hydroxylation is 1. The van der Waals surface area contributed by atoms with Crippen LogP contribution in [0.15, 0.2) is 73.3 Å². The molecule has 1 heterocycles. The van der Waals surface area contributed by atoms with E-state index in [0.717, 1.165) is 29.3 Å². The Morgan fingerprint density at radius 1 is 1.10 bits per heavy atom. The molecule has 1 aromatic heterocycles. The van der Waals surface area contributed by atoms with Crippen molar-refractivity contribution in [3.05, 3.63) is 95.6 Å². The molecule has 4 aromatic rings. The van der Waals surface area contributed by atoms with Gasteiger partial charge in [-0.3, -0.25) is 0 Å². The molecule has 6 heteroatoms. The van der Waals surface area contributed by atoms with Gasteiger partial charge in [0.15, 0.2) is 0 Å². The molecule has 0 unspecified atom stereocenters. The first-order chi connectivity index (χ1) is 14.7.